The van der Waals surface area contributed by atoms with Gasteiger partial charge in [0, 0.05) is 44.0 Å². The number of halogens is 1. The average Bonchev–Trinajstić information content (AvgIpc) is 3.27. The topological polar surface area (TPSA) is 119 Å². The summed E-state index contributed by atoms with van der Waals surface area (Å²) in [7, 11) is -2.47. The lowest BCUT2D eigenvalue weighted by molar-refractivity contribution is -0.149. The Bertz CT molecular complexity index is 1270. The smallest absolute Gasteiger partial charge is 0.276 e. The lowest BCUT2D eigenvalue weighted by Gasteiger charge is -2.29. The van der Waals surface area contributed by atoms with E-state index in [4.69, 9.17) is 9.47 Å². The van der Waals surface area contributed by atoms with Crippen LogP contribution in [0, 0.1) is 24.6 Å². The summed E-state index contributed by atoms with van der Waals surface area (Å²) in [6.07, 6.45) is 1.33. The van der Waals surface area contributed by atoms with Crippen LogP contribution >= 0.6 is 0 Å². The first kappa shape index (κ1) is 22.8. The number of aryl methyl sites for hydroxylation is 2. The van der Waals surface area contributed by atoms with Gasteiger partial charge in [0.25, 0.3) is 5.91 Å². The maximum Gasteiger partial charge on any atom is 0.276 e. The van der Waals surface area contributed by atoms with Gasteiger partial charge in [0.15, 0.2) is 11.4 Å². The number of carbonyl (C=O) groups excluding carboxylic acids is 2. The highest BCUT2D eigenvalue weighted by Crippen LogP contribution is 2.35. The Kier molecular flexibility index (Phi) is 5.61. The molecule has 3 aliphatic rings. The zero-order valence-electron chi connectivity index (χ0n) is 18.7. The van der Waals surface area contributed by atoms with Gasteiger partial charge in [-0.1, -0.05) is 0 Å². The minimum absolute atomic E-state index is 0.0262. The van der Waals surface area contributed by atoms with Crippen molar-refractivity contribution in [1.82, 2.24) is 14.2 Å². The second-order valence-corrected chi connectivity index (χ2v) is 10.7. The first-order valence-corrected chi connectivity index (χ1v) is 12.4. The Balaban J connectivity index is 1.41. The van der Waals surface area contributed by atoms with Crippen molar-refractivity contribution >= 4 is 27.5 Å². The van der Waals surface area contributed by atoms with Crippen LogP contribution in [-0.2, 0) is 26.6 Å². The first-order chi connectivity index (χ1) is 16.1. The van der Waals surface area contributed by atoms with Crippen molar-refractivity contribution in [1.29, 1.82) is 0 Å². The quantitative estimate of drug-likeness (QED) is 0.656. The van der Waals surface area contributed by atoms with Crippen LogP contribution in [-0.4, -0.2) is 68.7 Å². The normalized spacial score (nSPS) is 23.7. The van der Waals surface area contributed by atoms with E-state index >= 15 is 0 Å². The van der Waals surface area contributed by atoms with Crippen LogP contribution in [0.25, 0.3) is 0 Å². The third-order valence-corrected chi connectivity index (χ3v) is 7.99. The van der Waals surface area contributed by atoms with E-state index in [9.17, 15) is 22.4 Å². The van der Waals surface area contributed by atoms with E-state index in [1.165, 1.54) is 29.0 Å². The molecule has 10 nitrogen and oxygen atoms in total. The Labute approximate surface area is 196 Å². The van der Waals surface area contributed by atoms with E-state index in [1.807, 2.05) is 0 Å². The zero-order chi connectivity index (χ0) is 24.2. The number of amides is 2. The van der Waals surface area contributed by atoms with Crippen LogP contribution in [0.3, 0.4) is 0 Å². The molecule has 12 heteroatoms. The van der Waals surface area contributed by atoms with Gasteiger partial charge in [-0.25, -0.2) is 17.5 Å². The van der Waals surface area contributed by atoms with Crippen molar-refractivity contribution in [3.05, 3.63) is 41.5 Å². The molecule has 2 N–H and O–H groups in total. The summed E-state index contributed by atoms with van der Waals surface area (Å²) < 4.78 is 55.1. The molecule has 5 rings (SSSR count). The Morgan fingerprint density at radius 3 is 2.65 bits per heavy atom. The van der Waals surface area contributed by atoms with Crippen molar-refractivity contribution in [2.75, 3.05) is 38.2 Å². The molecule has 182 valence electrons. The van der Waals surface area contributed by atoms with Gasteiger partial charge in [0.1, 0.15) is 10.7 Å². The molecule has 34 heavy (non-hydrogen) atoms. The number of sulfonamides is 1. The standard InChI is InChI=1S/C22H25FN4O6S/c1-12-5-15(3-4-16(12)23)24-21(28)19-20-18(8-26(19)2)34(30,31)25-17-7-27(6-13(17)11-33-20)22(29)14-9-32-10-14/h3-5,8,13-14,17,25H,6-7,9-11H2,1-2H3,(H,24,28). The van der Waals surface area contributed by atoms with Crippen LogP contribution in [0.1, 0.15) is 16.1 Å². The molecule has 0 spiro atoms. The molecule has 2 saturated heterocycles. The summed E-state index contributed by atoms with van der Waals surface area (Å²) in [5.74, 6) is -1.55. The summed E-state index contributed by atoms with van der Waals surface area (Å²) in [6, 6.07) is 3.66. The van der Waals surface area contributed by atoms with Gasteiger partial charge >= 0.3 is 0 Å². The molecule has 1 aromatic heterocycles. The van der Waals surface area contributed by atoms with Crippen molar-refractivity contribution < 1.29 is 31.9 Å². The highest BCUT2D eigenvalue weighted by Gasteiger charge is 2.44. The first-order valence-electron chi connectivity index (χ1n) is 10.9. The number of ether oxygens (including phenoxy) is 2. The maximum atomic E-state index is 13.6. The predicted octanol–water partition coefficient (Wildman–Crippen LogP) is 0.869. The molecule has 2 aromatic rings. The van der Waals surface area contributed by atoms with Crippen LogP contribution in [0.2, 0.25) is 0 Å². The molecule has 0 radical (unpaired) electrons. The monoisotopic (exact) mass is 492 g/mol. The van der Waals surface area contributed by atoms with Crippen molar-refractivity contribution in [2.24, 2.45) is 18.9 Å². The fraction of sp³-hybridized carbons (Fsp3) is 0.455. The van der Waals surface area contributed by atoms with Gasteiger partial charge in [-0.2, -0.15) is 0 Å². The molecule has 2 atom stereocenters. The lowest BCUT2D eigenvalue weighted by Crippen LogP contribution is -2.46. The summed E-state index contributed by atoms with van der Waals surface area (Å²) in [5, 5.41) is 2.67. The fourth-order valence-electron chi connectivity index (χ4n) is 4.53. The number of rotatable bonds is 3. The maximum absolute atomic E-state index is 13.6. The number of hydrogen-bond donors (Lipinski definition) is 2. The van der Waals surface area contributed by atoms with Crippen molar-refractivity contribution in [3.8, 4) is 5.75 Å². The van der Waals surface area contributed by atoms with Gasteiger partial charge in [-0.05, 0) is 30.7 Å². The van der Waals surface area contributed by atoms with E-state index in [1.54, 1.807) is 18.9 Å². The number of anilines is 1. The highest BCUT2D eigenvalue weighted by molar-refractivity contribution is 7.89. The van der Waals surface area contributed by atoms with Crippen LogP contribution in [0.4, 0.5) is 10.1 Å². The van der Waals surface area contributed by atoms with E-state index < -0.39 is 27.8 Å². The molecular weight excluding hydrogens is 467 g/mol. The van der Waals surface area contributed by atoms with E-state index in [-0.39, 0.29) is 47.2 Å². The Hall–Kier alpha value is -2.96. The van der Waals surface area contributed by atoms with Crippen molar-refractivity contribution in [2.45, 2.75) is 17.9 Å². The van der Waals surface area contributed by atoms with Gasteiger partial charge in [-0.3, -0.25) is 9.59 Å². The van der Waals surface area contributed by atoms with Crippen LogP contribution in [0.15, 0.2) is 29.3 Å². The minimum Gasteiger partial charge on any atom is -0.489 e. The lowest BCUT2D eigenvalue weighted by atomic mass is 10.1. The second kappa shape index (κ2) is 8.36. The number of aromatic nitrogens is 1. The number of hydrogen-bond acceptors (Lipinski definition) is 6. The van der Waals surface area contributed by atoms with E-state index in [0.29, 0.717) is 31.0 Å². The van der Waals surface area contributed by atoms with Crippen LogP contribution < -0.4 is 14.8 Å². The number of carbonyl (C=O) groups is 2. The Morgan fingerprint density at radius 2 is 1.97 bits per heavy atom. The largest absolute Gasteiger partial charge is 0.489 e. The second-order valence-electron chi connectivity index (χ2n) is 8.98. The molecule has 0 bridgehead atoms. The molecule has 0 aliphatic carbocycles. The summed E-state index contributed by atoms with van der Waals surface area (Å²) >= 11 is 0. The molecule has 1 aromatic carbocycles. The molecule has 3 aliphatic heterocycles. The number of nitrogens with zero attached hydrogens (tertiary/aromatic N) is 2. The number of fused-ring (bicyclic) bond motifs is 2. The molecule has 2 fully saturated rings. The van der Waals surface area contributed by atoms with Gasteiger partial charge in [0.05, 0.1) is 25.7 Å². The summed E-state index contributed by atoms with van der Waals surface area (Å²) in [6.45, 7) is 3.07. The van der Waals surface area contributed by atoms with Crippen LogP contribution in [0.5, 0.6) is 5.75 Å². The number of nitrogens with one attached hydrogen (secondary N) is 2. The predicted molar refractivity (Wildman–Crippen MR) is 118 cm³/mol. The summed E-state index contributed by atoms with van der Waals surface area (Å²) in [4.78, 5) is 27.2. The molecule has 2 unspecified atom stereocenters. The highest BCUT2D eigenvalue weighted by atomic mass is 32.2. The SMILES string of the molecule is Cc1cc(NC(=O)c2c3c(cn2C)S(=O)(=O)NC2CN(C(=O)C4COC4)CC2CO3)ccc1F. The van der Waals surface area contributed by atoms with Gasteiger partial charge in [0.2, 0.25) is 15.9 Å². The zero-order valence-corrected chi connectivity index (χ0v) is 19.5. The van der Waals surface area contributed by atoms with Gasteiger partial charge in [-0.15, -0.1) is 0 Å². The average molecular weight is 493 g/mol. The third-order valence-electron chi connectivity index (χ3n) is 6.51. The Morgan fingerprint density at radius 1 is 1.21 bits per heavy atom. The van der Waals surface area contributed by atoms with E-state index in [0.717, 1.165) is 0 Å². The molecule has 4 heterocycles. The number of likely N-dealkylation sites (tertiary alicyclic amines) is 1. The molecule has 2 amide bonds. The van der Waals surface area contributed by atoms with Gasteiger partial charge < -0.3 is 24.3 Å². The third kappa shape index (κ3) is 3.95. The summed E-state index contributed by atoms with van der Waals surface area (Å²) in [5.41, 5.74) is 0.761. The van der Waals surface area contributed by atoms with Crippen molar-refractivity contribution in [3.63, 3.8) is 0 Å². The molecule has 0 saturated carbocycles. The number of benzene rings is 1. The minimum atomic E-state index is -4.03. The molecular formula is C22H25FN4O6S. The fourth-order valence-corrected chi connectivity index (χ4v) is 6.02. The van der Waals surface area contributed by atoms with E-state index in [2.05, 4.69) is 10.0 Å².